The molecule has 0 saturated carbocycles. The first kappa shape index (κ1) is 34.8. The number of amides is 5. The number of carboxylic acid groups (broad SMARTS) is 1. The summed E-state index contributed by atoms with van der Waals surface area (Å²) in [7, 11) is 0. The monoisotopic (exact) mass is 624 g/mol. The molecule has 0 aromatic heterocycles. The molecule has 0 spiro atoms. The molecule has 3 rings (SSSR count). The molecule has 0 bridgehead atoms. The van der Waals surface area contributed by atoms with Gasteiger partial charge in [0.05, 0.1) is 90.4 Å². The van der Waals surface area contributed by atoms with Crippen LogP contribution in [0.15, 0.2) is 18.2 Å². The van der Waals surface area contributed by atoms with Gasteiger partial charge in [0.2, 0.25) is 11.8 Å². The van der Waals surface area contributed by atoms with Crippen LogP contribution in [-0.2, 0) is 38.0 Å². The van der Waals surface area contributed by atoms with Crippen LogP contribution in [-0.4, -0.2) is 138 Å². The molecule has 244 valence electrons. The van der Waals surface area contributed by atoms with Crippen LogP contribution in [0.25, 0.3) is 0 Å². The number of fused-ring (bicyclic) bond motifs is 1. The van der Waals surface area contributed by atoms with Gasteiger partial charge in [-0.15, -0.1) is 0 Å². The third-order valence-electron chi connectivity index (χ3n) is 6.41. The number of anilines is 1. The van der Waals surface area contributed by atoms with E-state index in [0.29, 0.717) is 91.5 Å². The quantitative estimate of drug-likeness (QED) is 0.0928. The summed E-state index contributed by atoms with van der Waals surface area (Å²) in [5.41, 5.74) is 0.888. The molecule has 2 heterocycles. The molecule has 0 radical (unpaired) electrons. The van der Waals surface area contributed by atoms with Gasteiger partial charge in [-0.1, -0.05) is 6.07 Å². The van der Waals surface area contributed by atoms with Crippen molar-refractivity contribution in [3.05, 3.63) is 29.3 Å². The van der Waals surface area contributed by atoms with Gasteiger partial charge in [0.25, 0.3) is 11.8 Å². The smallest absolute Gasteiger partial charge is 0.404 e. The van der Waals surface area contributed by atoms with Crippen LogP contribution >= 0.6 is 0 Å². The molecule has 5 amide bonds. The van der Waals surface area contributed by atoms with Gasteiger partial charge in [-0.05, 0) is 18.6 Å². The van der Waals surface area contributed by atoms with Gasteiger partial charge in [0.15, 0.2) is 0 Å². The molecule has 1 fully saturated rings. The first-order valence-electron chi connectivity index (χ1n) is 14.4. The van der Waals surface area contributed by atoms with E-state index in [2.05, 4.69) is 16.0 Å². The van der Waals surface area contributed by atoms with Gasteiger partial charge >= 0.3 is 6.09 Å². The van der Waals surface area contributed by atoms with Crippen LogP contribution in [0.1, 0.15) is 33.6 Å². The fraction of sp³-hybridized carbons (Fsp3) is 0.607. The Morgan fingerprint density at radius 2 is 1.30 bits per heavy atom. The molecule has 1 saturated heterocycles. The summed E-state index contributed by atoms with van der Waals surface area (Å²) < 4.78 is 32.4. The number of ether oxygens (including phenoxy) is 6. The highest BCUT2D eigenvalue weighted by atomic mass is 16.6. The first-order valence-corrected chi connectivity index (χ1v) is 14.4. The number of benzene rings is 1. The van der Waals surface area contributed by atoms with E-state index in [1.807, 2.05) is 0 Å². The molecule has 2 aliphatic rings. The van der Waals surface area contributed by atoms with E-state index in [9.17, 15) is 24.0 Å². The lowest BCUT2D eigenvalue weighted by Crippen LogP contribution is -2.54. The summed E-state index contributed by atoms with van der Waals surface area (Å²) in [4.78, 5) is 60.9. The van der Waals surface area contributed by atoms with Crippen molar-refractivity contribution < 1.29 is 57.5 Å². The second kappa shape index (κ2) is 19.6. The summed E-state index contributed by atoms with van der Waals surface area (Å²) in [5.74, 6) is -2.19. The van der Waals surface area contributed by atoms with Crippen molar-refractivity contribution in [3.63, 3.8) is 0 Å². The van der Waals surface area contributed by atoms with Crippen molar-refractivity contribution in [2.24, 2.45) is 0 Å². The number of nitrogens with zero attached hydrogens (tertiary/aromatic N) is 1. The zero-order valence-corrected chi connectivity index (χ0v) is 24.5. The zero-order valence-electron chi connectivity index (χ0n) is 24.5. The second-order valence-corrected chi connectivity index (χ2v) is 9.51. The molecule has 16 nitrogen and oxygen atoms in total. The summed E-state index contributed by atoms with van der Waals surface area (Å²) in [5, 5.41) is 15.9. The Bertz CT molecular complexity index is 1120. The molecule has 1 aromatic rings. The highest BCUT2D eigenvalue weighted by Gasteiger charge is 2.45. The largest absolute Gasteiger partial charge is 0.465 e. The third kappa shape index (κ3) is 11.4. The van der Waals surface area contributed by atoms with Crippen molar-refractivity contribution in [3.8, 4) is 0 Å². The van der Waals surface area contributed by atoms with Crippen LogP contribution < -0.4 is 16.0 Å². The maximum absolute atomic E-state index is 13.1. The Hall–Kier alpha value is -3.67. The summed E-state index contributed by atoms with van der Waals surface area (Å²) >= 11 is 0. The van der Waals surface area contributed by atoms with E-state index >= 15 is 0 Å². The standard InChI is InChI=1S/C28H40N4O12/c33-23-5-4-22(25(34)31-23)32-26(35)20-2-1-3-21(24(20)27(32)36)29-6-8-39-10-12-41-14-16-43-18-19-44-17-15-42-13-11-40-9-7-30-28(37)38/h1-3,22,29-30H,4-19H2,(H,37,38)(H,31,33,34). The predicted octanol–water partition coefficient (Wildman–Crippen LogP) is -0.133. The predicted molar refractivity (Wildman–Crippen MR) is 153 cm³/mol. The molecule has 16 heteroatoms. The van der Waals surface area contributed by atoms with Crippen LogP contribution in [0.3, 0.4) is 0 Å². The number of carbonyl (C=O) groups excluding carboxylic acids is 4. The van der Waals surface area contributed by atoms with E-state index < -0.39 is 35.8 Å². The first-order chi connectivity index (χ1) is 21.4. The number of hydrogen-bond donors (Lipinski definition) is 4. The van der Waals surface area contributed by atoms with Crippen molar-refractivity contribution in [1.82, 2.24) is 15.5 Å². The topological polar surface area (TPSA) is 200 Å². The van der Waals surface area contributed by atoms with Gasteiger partial charge in [0.1, 0.15) is 6.04 Å². The molecule has 1 atom stereocenters. The van der Waals surface area contributed by atoms with Gasteiger partial charge in [-0.3, -0.25) is 29.4 Å². The van der Waals surface area contributed by atoms with Crippen molar-refractivity contribution >= 4 is 35.4 Å². The van der Waals surface area contributed by atoms with Crippen LogP contribution in [0.5, 0.6) is 0 Å². The third-order valence-corrected chi connectivity index (χ3v) is 6.41. The highest BCUT2D eigenvalue weighted by Crippen LogP contribution is 2.32. The summed E-state index contributed by atoms with van der Waals surface area (Å²) in [6.07, 6.45) is -0.915. The van der Waals surface area contributed by atoms with Crippen molar-refractivity contribution in [1.29, 1.82) is 0 Å². The lowest BCUT2D eigenvalue weighted by atomic mass is 10.0. The molecule has 2 aliphatic heterocycles. The van der Waals surface area contributed by atoms with Crippen LogP contribution in [0, 0.1) is 0 Å². The van der Waals surface area contributed by atoms with Gasteiger partial charge in [-0.2, -0.15) is 0 Å². The Labute approximate surface area is 254 Å². The van der Waals surface area contributed by atoms with Gasteiger partial charge < -0.3 is 44.2 Å². The summed E-state index contributed by atoms with van der Waals surface area (Å²) in [6.45, 7) is 5.28. The van der Waals surface area contributed by atoms with E-state index in [1.54, 1.807) is 18.2 Å². The van der Waals surface area contributed by atoms with Crippen molar-refractivity contribution in [2.75, 3.05) is 97.7 Å². The van der Waals surface area contributed by atoms with E-state index in [0.717, 1.165) is 4.90 Å². The number of hydrogen-bond acceptors (Lipinski definition) is 12. The Morgan fingerprint density at radius 3 is 1.82 bits per heavy atom. The van der Waals surface area contributed by atoms with Gasteiger partial charge in [-0.25, -0.2) is 4.79 Å². The van der Waals surface area contributed by atoms with Gasteiger partial charge in [0, 0.05) is 25.2 Å². The molecule has 1 aromatic carbocycles. The lowest BCUT2D eigenvalue weighted by Gasteiger charge is -2.27. The second-order valence-electron chi connectivity index (χ2n) is 9.51. The molecular formula is C28H40N4O12. The summed E-state index contributed by atoms with van der Waals surface area (Å²) in [6, 6.07) is 3.87. The maximum atomic E-state index is 13.1. The minimum absolute atomic E-state index is 0.0628. The fourth-order valence-electron chi connectivity index (χ4n) is 4.35. The van der Waals surface area contributed by atoms with E-state index in [4.69, 9.17) is 33.5 Å². The Kier molecular flexibility index (Phi) is 15.5. The highest BCUT2D eigenvalue weighted by molar-refractivity contribution is 6.25. The van der Waals surface area contributed by atoms with Crippen LogP contribution in [0.4, 0.5) is 10.5 Å². The Morgan fingerprint density at radius 1 is 0.773 bits per heavy atom. The number of piperidine rings is 1. The SMILES string of the molecule is O=C(O)NCCOCCOCCOCCOCCOCCOCCNc1cccc2c1C(=O)N(C1CCC(=O)NC1=O)C2=O. The zero-order chi connectivity index (χ0) is 31.6. The lowest BCUT2D eigenvalue weighted by molar-refractivity contribution is -0.136. The number of carbonyl (C=O) groups is 5. The van der Waals surface area contributed by atoms with Crippen LogP contribution in [0.2, 0.25) is 0 Å². The Balaban J connectivity index is 1.14. The molecule has 44 heavy (non-hydrogen) atoms. The van der Waals surface area contributed by atoms with E-state index in [1.165, 1.54) is 0 Å². The molecule has 4 N–H and O–H groups in total. The number of nitrogens with one attached hydrogen (secondary N) is 3. The molecule has 1 unspecified atom stereocenters. The minimum Gasteiger partial charge on any atom is -0.465 e. The average molecular weight is 625 g/mol. The average Bonchev–Trinajstić information content (AvgIpc) is 3.25. The minimum atomic E-state index is -1.08. The fourth-order valence-corrected chi connectivity index (χ4v) is 4.35. The normalized spacial score (nSPS) is 16.3. The number of imide groups is 2. The number of rotatable bonds is 23. The maximum Gasteiger partial charge on any atom is 0.404 e. The van der Waals surface area contributed by atoms with E-state index in [-0.39, 0.29) is 30.5 Å². The molecular weight excluding hydrogens is 584 g/mol. The van der Waals surface area contributed by atoms with Crippen molar-refractivity contribution in [2.45, 2.75) is 18.9 Å². The molecule has 0 aliphatic carbocycles.